The number of ether oxygens (including phenoxy) is 2. The second-order valence-corrected chi connectivity index (χ2v) is 7.86. The Morgan fingerprint density at radius 3 is 2.66 bits per heavy atom. The third-order valence-corrected chi connectivity index (χ3v) is 5.75. The molecule has 170 valence electrons. The van der Waals surface area contributed by atoms with E-state index in [0.717, 1.165) is 56.0 Å². The lowest BCUT2D eigenvalue weighted by Crippen LogP contribution is -2.38. The van der Waals surface area contributed by atoms with Gasteiger partial charge in [-0.1, -0.05) is 12.1 Å². The maximum atomic E-state index is 12.3. The summed E-state index contributed by atoms with van der Waals surface area (Å²) in [4.78, 5) is 14.7. The number of hydrogen-bond acceptors (Lipinski definition) is 5. The topological polar surface area (TPSA) is 88.0 Å². The Kier molecular flexibility index (Phi) is 7.26. The van der Waals surface area contributed by atoms with Gasteiger partial charge in [0, 0.05) is 55.5 Å². The molecule has 2 amide bonds. The van der Waals surface area contributed by atoms with E-state index in [1.54, 1.807) is 31.4 Å². The van der Waals surface area contributed by atoms with Gasteiger partial charge in [-0.25, -0.2) is 4.79 Å². The van der Waals surface area contributed by atoms with Crippen molar-refractivity contribution in [1.82, 2.24) is 14.8 Å². The highest BCUT2D eigenvalue weighted by atomic mass is 16.5. The van der Waals surface area contributed by atoms with Crippen LogP contribution in [0.15, 0.2) is 54.7 Å². The standard InChI is InChI=1S/C24H30N4O4/c1-31-21-5-2-18(3-6-21)23(29)17-25-24(30)26-20-4-7-22-19(16-20)8-9-28(22)11-10-27-12-14-32-15-13-27/h2-9,16,23,29H,10-15,17H2,1H3,(H2,25,26,30). The van der Waals surface area contributed by atoms with E-state index in [9.17, 15) is 9.90 Å². The predicted molar refractivity (Wildman–Crippen MR) is 124 cm³/mol. The van der Waals surface area contributed by atoms with Crippen molar-refractivity contribution >= 4 is 22.6 Å². The van der Waals surface area contributed by atoms with E-state index in [1.165, 1.54) is 0 Å². The molecular weight excluding hydrogens is 408 g/mol. The lowest BCUT2D eigenvalue weighted by molar-refractivity contribution is 0.0365. The Labute approximate surface area is 187 Å². The van der Waals surface area contributed by atoms with Crippen LogP contribution in [0.4, 0.5) is 10.5 Å². The number of rotatable bonds is 8. The van der Waals surface area contributed by atoms with Crippen molar-refractivity contribution in [2.24, 2.45) is 0 Å². The largest absolute Gasteiger partial charge is 0.497 e. The molecule has 1 aliphatic heterocycles. The molecule has 32 heavy (non-hydrogen) atoms. The Morgan fingerprint density at radius 2 is 1.91 bits per heavy atom. The van der Waals surface area contributed by atoms with Crippen LogP contribution in [0.25, 0.3) is 10.9 Å². The van der Waals surface area contributed by atoms with Gasteiger partial charge in [0.25, 0.3) is 0 Å². The van der Waals surface area contributed by atoms with E-state index in [4.69, 9.17) is 9.47 Å². The van der Waals surface area contributed by atoms with Crippen LogP contribution in [0.2, 0.25) is 0 Å². The van der Waals surface area contributed by atoms with Crippen LogP contribution in [0.5, 0.6) is 5.75 Å². The second kappa shape index (κ2) is 10.5. The van der Waals surface area contributed by atoms with Crippen molar-refractivity contribution in [3.63, 3.8) is 0 Å². The molecule has 8 heteroatoms. The number of aromatic nitrogens is 1. The molecule has 1 atom stereocenters. The maximum absolute atomic E-state index is 12.3. The number of nitrogens with one attached hydrogen (secondary N) is 2. The smallest absolute Gasteiger partial charge is 0.319 e. The third-order valence-electron chi connectivity index (χ3n) is 5.75. The van der Waals surface area contributed by atoms with Gasteiger partial charge in [0.2, 0.25) is 0 Å². The van der Waals surface area contributed by atoms with E-state index >= 15 is 0 Å². The number of aliphatic hydroxyl groups is 1. The number of anilines is 1. The number of amides is 2. The average molecular weight is 439 g/mol. The van der Waals surface area contributed by atoms with Crippen LogP contribution in [-0.2, 0) is 11.3 Å². The molecule has 2 heterocycles. The zero-order valence-corrected chi connectivity index (χ0v) is 18.3. The van der Waals surface area contributed by atoms with Crippen molar-refractivity contribution < 1.29 is 19.4 Å². The number of benzene rings is 2. The highest BCUT2D eigenvalue weighted by Crippen LogP contribution is 2.21. The van der Waals surface area contributed by atoms with Crippen molar-refractivity contribution in [3.8, 4) is 5.75 Å². The molecule has 3 aromatic rings. The molecule has 1 unspecified atom stereocenters. The molecule has 1 aliphatic rings. The monoisotopic (exact) mass is 438 g/mol. The van der Waals surface area contributed by atoms with E-state index in [-0.39, 0.29) is 12.6 Å². The van der Waals surface area contributed by atoms with Gasteiger partial charge in [-0.05, 0) is 42.0 Å². The highest BCUT2D eigenvalue weighted by molar-refractivity contribution is 5.93. The first-order valence-electron chi connectivity index (χ1n) is 10.9. The Hall–Kier alpha value is -3.07. The summed E-state index contributed by atoms with van der Waals surface area (Å²) in [6.45, 7) is 5.59. The minimum Gasteiger partial charge on any atom is -0.497 e. The summed E-state index contributed by atoms with van der Waals surface area (Å²) in [6, 6.07) is 14.7. The molecule has 0 spiro atoms. The fourth-order valence-corrected chi connectivity index (χ4v) is 3.86. The predicted octanol–water partition coefficient (Wildman–Crippen LogP) is 2.84. The lowest BCUT2D eigenvalue weighted by atomic mass is 10.1. The molecule has 3 N–H and O–H groups in total. The minimum atomic E-state index is -0.797. The van der Waals surface area contributed by atoms with Crippen LogP contribution < -0.4 is 15.4 Å². The SMILES string of the molecule is COc1ccc(C(O)CNC(=O)Nc2ccc3c(ccn3CCN3CCOCC3)c2)cc1. The first-order chi connectivity index (χ1) is 15.6. The van der Waals surface area contributed by atoms with E-state index < -0.39 is 6.10 Å². The van der Waals surface area contributed by atoms with Gasteiger partial charge < -0.3 is 29.8 Å². The number of hydrogen-bond donors (Lipinski definition) is 3. The molecular formula is C24H30N4O4. The zero-order valence-electron chi connectivity index (χ0n) is 18.3. The minimum absolute atomic E-state index is 0.109. The van der Waals surface area contributed by atoms with Crippen LogP contribution in [0, 0.1) is 0 Å². The molecule has 8 nitrogen and oxygen atoms in total. The molecule has 1 aromatic heterocycles. The van der Waals surface area contributed by atoms with Gasteiger partial charge in [0.15, 0.2) is 0 Å². The number of nitrogens with zero attached hydrogens (tertiary/aromatic N) is 2. The maximum Gasteiger partial charge on any atom is 0.319 e. The van der Waals surface area contributed by atoms with Gasteiger partial charge in [0.05, 0.1) is 26.4 Å². The van der Waals surface area contributed by atoms with E-state index in [1.807, 2.05) is 18.2 Å². The summed E-state index contributed by atoms with van der Waals surface area (Å²) < 4.78 is 12.8. The summed E-state index contributed by atoms with van der Waals surface area (Å²) in [5, 5.41) is 16.9. The van der Waals surface area contributed by atoms with Gasteiger partial charge >= 0.3 is 6.03 Å². The molecule has 4 rings (SSSR count). The van der Waals surface area contributed by atoms with Crippen LogP contribution >= 0.6 is 0 Å². The van der Waals surface area contributed by atoms with Crippen molar-refractivity contribution in [2.75, 3.05) is 51.8 Å². The summed E-state index contributed by atoms with van der Waals surface area (Å²) in [5.74, 6) is 0.719. The van der Waals surface area contributed by atoms with Crippen LogP contribution in [0.1, 0.15) is 11.7 Å². The second-order valence-electron chi connectivity index (χ2n) is 7.86. The normalized spacial score (nSPS) is 15.4. The van der Waals surface area contributed by atoms with Gasteiger partial charge in [-0.3, -0.25) is 4.90 Å². The number of carbonyl (C=O) groups is 1. The Bertz CT molecular complexity index is 1030. The molecule has 0 saturated carbocycles. The number of aliphatic hydroxyl groups excluding tert-OH is 1. The average Bonchev–Trinajstić information content (AvgIpc) is 3.24. The number of fused-ring (bicyclic) bond motifs is 1. The van der Waals surface area contributed by atoms with Crippen molar-refractivity contribution in [1.29, 1.82) is 0 Å². The molecule has 2 aromatic carbocycles. The van der Waals surface area contributed by atoms with Crippen LogP contribution in [0.3, 0.4) is 0 Å². The number of morpholine rings is 1. The Balaban J connectivity index is 1.29. The highest BCUT2D eigenvalue weighted by Gasteiger charge is 2.12. The lowest BCUT2D eigenvalue weighted by Gasteiger charge is -2.26. The van der Waals surface area contributed by atoms with Crippen LogP contribution in [-0.4, -0.2) is 67.1 Å². The summed E-state index contributed by atoms with van der Waals surface area (Å²) in [6.07, 6.45) is 1.29. The fraction of sp³-hybridized carbons (Fsp3) is 0.375. The third kappa shape index (κ3) is 5.59. The molecule has 1 fully saturated rings. The molecule has 0 bridgehead atoms. The first-order valence-corrected chi connectivity index (χ1v) is 10.9. The van der Waals surface area contributed by atoms with Gasteiger partial charge in [0.1, 0.15) is 5.75 Å². The molecule has 0 radical (unpaired) electrons. The fourth-order valence-electron chi connectivity index (χ4n) is 3.86. The summed E-state index contributed by atoms with van der Waals surface area (Å²) >= 11 is 0. The molecule has 0 aliphatic carbocycles. The first kappa shape index (κ1) is 22.1. The zero-order chi connectivity index (χ0) is 22.3. The van der Waals surface area contributed by atoms with E-state index in [0.29, 0.717) is 11.3 Å². The number of urea groups is 1. The summed E-state index contributed by atoms with van der Waals surface area (Å²) in [7, 11) is 1.59. The van der Waals surface area contributed by atoms with Crippen molar-refractivity contribution in [3.05, 3.63) is 60.3 Å². The van der Waals surface area contributed by atoms with E-state index in [2.05, 4.69) is 32.4 Å². The summed E-state index contributed by atoms with van der Waals surface area (Å²) in [5.41, 5.74) is 2.56. The van der Waals surface area contributed by atoms with Gasteiger partial charge in [-0.2, -0.15) is 0 Å². The number of carbonyl (C=O) groups excluding carboxylic acids is 1. The Morgan fingerprint density at radius 1 is 1.12 bits per heavy atom. The quantitative estimate of drug-likeness (QED) is 0.503. The van der Waals surface area contributed by atoms with Crippen molar-refractivity contribution in [2.45, 2.75) is 12.6 Å². The number of methoxy groups -OCH3 is 1. The molecule has 1 saturated heterocycles. The van der Waals surface area contributed by atoms with Gasteiger partial charge in [-0.15, -0.1) is 0 Å².